The largest absolute Gasteiger partial charge is 0.493 e. The van der Waals surface area contributed by atoms with Gasteiger partial charge in [0, 0.05) is 0 Å². The van der Waals surface area contributed by atoms with Gasteiger partial charge in [-0.25, -0.2) is 22.6 Å². The molecular weight excluding hydrogens is 487 g/mol. The van der Waals surface area contributed by atoms with Crippen molar-refractivity contribution in [3.8, 4) is 5.75 Å². The van der Waals surface area contributed by atoms with Gasteiger partial charge in [0.25, 0.3) is 15.9 Å². The Kier molecular flexibility index (Phi) is 6.87. The van der Waals surface area contributed by atoms with Gasteiger partial charge < -0.3 is 20.5 Å². The number of hydrogen-bond donors (Lipinski definition) is 4. The highest BCUT2D eigenvalue weighted by atomic mass is 79.9. The molecule has 0 spiro atoms. The molecule has 10 nitrogen and oxygen atoms in total. The van der Waals surface area contributed by atoms with Crippen LogP contribution in [-0.2, 0) is 14.8 Å². The molecule has 1 aromatic carbocycles. The van der Waals surface area contributed by atoms with E-state index in [1.54, 1.807) is 0 Å². The number of benzene rings is 1. The molecule has 4 N–H and O–H groups in total. The molecule has 0 unspecified atom stereocenters. The number of amides is 2. The fourth-order valence-electron chi connectivity index (χ4n) is 2.18. The smallest absolute Gasteiger partial charge is 0.405 e. The number of carboxylic acid groups (broad SMARTS) is 1. The fraction of sp³-hybridized carbons (Fsp3) is 0.235. The number of nitrogens with one attached hydrogen (secondary N) is 3. The van der Waals surface area contributed by atoms with E-state index in [0.29, 0.717) is 0 Å². The molecule has 1 heterocycles. The molecular formula is C17H18BrFN4O6S. The second kappa shape index (κ2) is 8.83. The van der Waals surface area contributed by atoms with Crippen molar-refractivity contribution in [2.45, 2.75) is 24.3 Å². The molecule has 0 saturated carbocycles. The Bertz CT molecular complexity index is 1090. The topological polar surface area (TPSA) is 147 Å². The number of hydrogen-bond acceptors (Lipinski definition) is 6. The van der Waals surface area contributed by atoms with Crippen molar-refractivity contribution < 1.29 is 32.2 Å². The van der Waals surface area contributed by atoms with Crippen LogP contribution in [0, 0.1) is 5.82 Å². The van der Waals surface area contributed by atoms with Gasteiger partial charge in [-0.1, -0.05) is 0 Å². The Morgan fingerprint density at radius 3 is 2.47 bits per heavy atom. The second-order valence-corrected chi connectivity index (χ2v) is 8.97. The maximum Gasteiger partial charge on any atom is 0.405 e. The number of halogens is 2. The molecule has 0 bridgehead atoms. The molecule has 0 aliphatic heterocycles. The minimum Gasteiger partial charge on any atom is -0.493 e. The average Bonchev–Trinajstić information content (AvgIpc) is 2.62. The molecule has 2 rings (SSSR count). The van der Waals surface area contributed by atoms with E-state index < -0.39 is 33.4 Å². The van der Waals surface area contributed by atoms with Crippen molar-refractivity contribution in [3.05, 3.63) is 40.6 Å². The molecule has 30 heavy (non-hydrogen) atoms. The first kappa shape index (κ1) is 23.3. The number of ether oxygens (including phenoxy) is 1. The van der Waals surface area contributed by atoms with E-state index in [2.05, 4.69) is 31.0 Å². The van der Waals surface area contributed by atoms with Gasteiger partial charge >= 0.3 is 6.09 Å². The summed E-state index contributed by atoms with van der Waals surface area (Å²) < 4.78 is 46.3. The molecule has 0 atom stereocenters. The Balaban J connectivity index is 2.33. The number of sulfonamides is 1. The molecule has 0 saturated heterocycles. The standard InChI is InChI=1S/C17H18BrFN4O6S/c1-17(2,22-16(25)26)15(24)21-13-7-6-12(29-3)14(20-13)23-30(27,28)9-4-5-10(18)11(19)8-9/h4-8,22H,1-3H3,(H,25,26)(H2,20,21,23,24). The number of aromatic nitrogens is 1. The van der Waals surface area contributed by atoms with Gasteiger partial charge in [0.1, 0.15) is 17.2 Å². The third kappa shape index (κ3) is 5.57. The monoisotopic (exact) mass is 504 g/mol. The third-order valence-corrected chi connectivity index (χ3v) is 5.72. The van der Waals surface area contributed by atoms with Gasteiger partial charge in [0.2, 0.25) is 0 Å². The maximum atomic E-state index is 13.7. The Morgan fingerprint density at radius 2 is 1.90 bits per heavy atom. The summed E-state index contributed by atoms with van der Waals surface area (Å²) in [5.41, 5.74) is -1.48. The maximum absolute atomic E-state index is 13.7. The van der Waals surface area contributed by atoms with Gasteiger partial charge in [-0.05, 0) is 60.1 Å². The van der Waals surface area contributed by atoms with Gasteiger partial charge in [-0.2, -0.15) is 0 Å². The van der Waals surface area contributed by atoms with E-state index >= 15 is 0 Å². The molecule has 13 heteroatoms. The summed E-state index contributed by atoms with van der Waals surface area (Å²) in [6.45, 7) is 2.68. The normalized spacial score (nSPS) is 11.5. The van der Waals surface area contributed by atoms with Crippen LogP contribution in [-0.4, -0.2) is 43.2 Å². The lowest BCUT2D eigenvalue weighted by atomic mass is 10.1. The SMILES string of the molecule is COc1ccc(NC(=O)C(C)(C)NC(=O)O)nc1NS(=O)(=O)c1ccc(Br)c(F)c1. The number of pyridine rings is 1. The van der Waals surface area contributed by atoms with Crippen LogP contribution in [0.1, 0.15) is 13.8 Å². The van der Waals surface area contributed by atoms with Gasteiger partial charge in [0.15, 0.2) is 11.6 Å². The lowest BCUT2D eigenvalue weighted by Gasteiger charge is -2.23. The Hall–Kier alpha value is -2.93. The molecule has 162 valence electrons. The summed E-state index contributed by atoms with van der Waals surface area (Å²) in [6, 6.07) is 5.94. The molecule has 1 aromatic heterocycles. The van der Waals surface area contributed by atoms with Crippen LogP contribution < -0.4 is 20.1 Å². The number of carbonyl (C=O) groups is 2. The van der Waals surface area contributed by atoms with Crippen molar-refractivity contribution in [1.29, 1.82) is 0 Å². The number of nitrogens with zero attached hydrogens (tertiary/aromatic N) is 1. The molecule has 0 fully saturated rings. The highest BCUT2D eigenvalue weighted by molar-refractivity contribution is 9.10. The number of carbonyl (C=O) groups excluding carboxylic acids is 1. The number of anilines is 2. The summed E-state index contributed by atoms with van der Waals surface area (Å²) in [4.78, 5) is 26.8. The van der Waals surface area contributed by atoms with E-state index in [0.717, 1.165) is 6.07 Å². The Labute approximate surface area is 180 Å². The average molecular weight is 505 g/mol. The van der Waals surface area contributed by atoms with Crippen LogP contribution in [0.3, 0.4) is 0 Å². The van der Waals surface area contributed by atoms with Crippen LogP contribution in [0.15, 0.2) is 39.7 Å². The molecule has 0 aliphatic carbocycles. The molecule has 0 radical (unpaired) electrons. The first-order valence-corrected chi connectivity index (χ1v) is 10.5. The van der Waals surface area contributed by atoms with Gasteiger partial charge in [-0.3, -0.25) is 9.52 Å². The predicted molar refractivity (Wildman–Crippen MR) is 110 cm³/mol. The second-order valence-electron chi connectivity index (χ2n) is 6.44. The lowest BCUT2D eigenvalue weighted by molar-refractivity contribution is -0.121. The van der Waals surface area contributed by atoms with Crippen molar-refractivity contribution in [1.82, 2.24) is 10.3 Å². The van der Waals surface area contributed by atoms with Crippen LogP contribution in [0.2, 0.25) is 0 Å². The summed E-state index contributed by atoms with van der Waals surface area (Å²) in [5, 5.41) is 13.3. The van der Waals surface area contributed by atoms with Crippen molar-refractivity contribution >= 4 is 49.6 Å². The lowest BCUT2D eigenvalue weighted by Crippen LogP contribution is -2.52. The molecule has 0 aliphatic rings. The van der Waals surface area contributed by atoms with Gasteiger partial charge in [0.05, 0.1) is 16.5 Å². The number of methoxy groups -OCH3 is 1. The first-order chi connectivity index (χ1) is 13.9. The van der Waals surface area contributed by atoms with E-state index in [9.17, 15) is 22.4 Å². The van der Waals surface area contributed by atoms with Crippen molar-refractivity contribution in [2.24, 2.45) is 0 Å². The van der Waals surface area contributed by atoms with Crippen LogP contribution in [0.4, 0.5) is 20.8 Å². The highest BCUT2D eigenvalue weighted by Gasteiger charge is 2.30. The zero-order chi connectivity index (χ0) is 22.7. The van der Waals surface area contributed by atoms with Crippen molar-refractivity contribution in [3.63, 3.8) is 0 Å². The van der Waals surface area contributed by atoms with E-state index in [1.807, 2.05) is 5.32 Å². The molecule has 2 amide bonds. The van der Waals surface area contributed by atoms with Crippen LogP contribution >= 0.6 is 15.9 Å². The van der Waals surface area contributed by atoms with E-state index in [1.165, 1.54) is 45.2 Å². The van der Waals surface area contributed by atoms with Gasteiger partial charge in [-0.15, -0.1) is 0 Å². The predicted octanol–water partition coefficient (Wildman–Crippen LogP) is 2.78. The summed E-state index contributed by atoms with van der Waals surface area (Å²) in [7, 11) is -2.95. The zero-order valence-corrected chi connectivity index (χ0v) is 18.4. The highest BCUT2D eigenvalue weighted by Crippen LogP contribution is 2.28. The van der Waals surface area contributed by atoms with Crippen molar-refractivity contribution in [2.75, 3.05) is 17.1 Å². The zero-order valence-electron chi connectivity index (χ0n) is 16.0. The first-order valence-electron chi connectivity index (χ1n) is 8.21. The van der Waals surface area contributed by atoms with Crippen LogP contribution in [0.5, 0.6) is 5.75 Å². The van der Waals surface area contributed by atoms with E-state index in [4.69, 9.17) is 9.84 Å². The summed E-state index contributed by atoms with van der Waals surface area (Å²) in [5.74, 6) is -1.79. The Morgan fingerprint density at radius 1 is 1.23 bits per heavy atom. The quantitative estimate of drug-likeness (QED) is 0.453. The fourth-order valence-corrected chi connectivity index (χ4v) is 3.45. The third-order valence-electron chi connectivity index (χ3n) is 3.74. The summed E-state index contributed by atoms with van der Waals surface area (Å²) in [6.07, 6.45) is -1.40. The summed E-state index contributed by atoms with van der Waals surface area (Å²) >= 11 is 2.94. The van der Waals surface area contributed by atoms with Crippen LogP contribution in [0.25, 0.3) is 0 Å². The minimum absolute atomic E-state index is 0.0390. The minimum atomic E-state index is -4.23. The molecule has 2 aromatic rings. The van der Waals surface area contributed by atoms with E-state index in [-0.39, 0.29) is 26.8 Å². The number of rotatable bonds is 7.